The summed E-state index contributed by atoms with van der Waals surface area (Å²) in [5.74, 6) is 0.596. The molecule has 6 heteroatoms. The quantitative estimate of drug-likeness (QED) is 0.509. The molecular weight excluding hydrogens is 346 g/mol. The van der Waals surface area contributed by atoms with Gasteiger partial charge in [-0.05, 0) is 47.2 Å². The third-order valence-corrected chi connectivity index (χ3v) is 4.84. The van der Waals surface area contributed by atoms with Gasteiger partial charge in [0.25, 0.3) is 0 Å². The SMILES string of the molecule is Clc1cccc(Cn2c3ccccc3c3cc(-c4nn[nH]n4)ccc32)c1. The Balaban J connectivity index is 1.74. The number of hydrogen-bond acceptors (Lipinski definition) is 3. The van der Waals surface area contributed by atoms with Crippen molar-refractivity contribution >= 4 is 33.4 Å². The van der Waals surface area contributed by atoms with Crippen LogP contribution < -0.4 is 0 Å². The number of aromatic nitrogens is 5. The predicted octanol–water partition coefficient (Wildman–Crippen LogP) is 4.68. The molecule has 5 nitrogen and oxygen atoms in total. The highest BCUT2D eigenvalue weighted by atomic mass is 35.5. The maximum atomic E-state index is 6.17. The summed E-state index contributed by atoms with van der Waals surface area (Å²) >= 11 is 6.17. The van der Waals surface area contributed by atoms with Crippen LogP contribution in [0.2, 0.25) is 5.02 Å². The van der Waals surface area contributed by atoms with Crippen molar-refractivity contribution in [1.82, 2.24) is 25.2 Å². The largest absolute Gasteiger partial charge is 0.336 e. The maximum absolute atomic E-state index is 6.17. The lowest BCUT2D eigenvalue weighted by molar-refractivity contribution is 0.869. The summed E-state index contributed by atoms with van der Waals surface area (Å²) in [4.78, 5) is 0. The number of nitrogens with one attached hydrogen (secondary N) is 1. The topological polar surface area (TPSA) is 59.4 Å². The Hall–Kier alpha value is -3.18. The highest BCUT2D eigenvalue weighted by Crippen LogP contribution is 2.32. The van der Waals surface area contributed by atoms with Crippen molar-refractivity contribution in [2.24, 2.45) is 0 Å². The minimum atomic E-state index is 0.596. The normalized spacial score (nSPS) is 11.4. The lowest BCUT2D eigenvalue weighted by Gasteiger charge is -2.08. The van der Waals surface area contributed by atoms with Gasteiger partial charge in [0.1, 0.15) is 0 Å². The fourth-order valence-electron chi connectivity index (χ4n) is 3.47. The van der Waals surface area contributed by atoms with E-state index in [0.29, 0.717) is 5.82 Å². The fraction of sp³-hybridized carbons (Fsp3) is 0.0500. The van der Waals surface area contributed by atoms with E-state index in [2.05, 4.69) is 67.7 Å². The molecule has 0 aliphatic rings. The monoisotopic (exact) mass is 359 g/mol. The fourth-order valence-corrected chi connectivity index (χ4v) is 3.68. The van der Waals surface area contributed by atoms with Crippen LogP contribution in [0.15, 0.2) is 66.7 Å². The number of benzene rings is 3. The lowest BCUT2D eigenvalue weighted by Crippen LogP contribution is -1.99. The van der Waals surface area contributed by atoms with Crippen LogP contribution in [0.3, 0.4) is 0 Å². The summed E-state index contributed by atoms with van der Waals surface area (Å²) in [6.45, 7) is 0.756. The Labute approximate surface area is 154 Å². The van der Waals surface area contributed by atoms with Crippen molar-refractivity contribution < 1.29 is 0 Å². The molecule has 1 N–H and O–H groups in total. The molecule has 5 aromatic rings. The number of para-hydroxylation sites is 1. The van der Waals surface area contributed by atoms with Crippen LogP contribution in [0.5, 0.6) is 0 Å². The van der Waals surface area contributed by atoms with Crippen LogP contribution in [0.1, 0.15) is 5.56 Å². The van der Waals surface area contributed by atoms with Gasteiger partial charge in [0.15, 0.2) is 0 Å². The summed E-state index contributed by atoms with van der Waals surface area (Å²) < 4.78 is 2.32. The molecule has 3 aromatic carbocycles. The standard InChI is InChI=1S/C20H14ClN5/c21-15-5-3-4-13(10-15)12-26-18-7-2-1-6-16(18)17-11-14(8-9-19(17)26)20-22-24-25-23-20/h1-11H,12H2,(H,22,23,24,25). The molecule has 5 rings (SSSR count). The van der Waals surface area contributed by atoms with E-state index >= 15 is 0 Å². The van der Waals surface area contributed by atoms with Crippen molar-refractivity contribution in [2.75, 3.05) is 0 Å². The first kappa shape index (κ1) is 15.1. The number of nitrogens with zero attached hydrogens (tertiary/aromatic N) is 4. The summed E-state index contributed by atoms with van der Waals surface area (Å²) in [5, 5.41) is 17.5. The molecule has 0 saturated carbocycles. The number of hydrogen-bond donors (Lipinski definition) is 1. The zero-order valence-electron chi connectivity index (χ0n) is 13.7. The number of rotatable bonds is 3. The van der Waals surface area contributed by atoms with E-state index < -0.39 is 0 Å². The molecule has 0 spiro atoms. The Kier molecular flexibility index (Phi) is 3.47. The predicted molar refractivity (Wildman–Crippen MR) is 103 cm³/mol. The second-order valence-electron chi connectivity index (χ2n) is 6.20. The van der Waals surface area contributed by atoms with Crippen molar-refractivity contribution in [2.45, 2.75) is 6.54 Å². The van der Waals surface area contributed by atoms with Crippen molar-refractivity contribution in [1.29, 1.82) is 0 Å². The number of aromatic amines is 1. The van der Waals surface area contributed by atoms with Crippen molar-refractivity contribution in [3.05, 3.63) is 77.3 Å². The highest BCUT2D eigenvalue weighted by molar-refractivity contribution is 6.30. The molecule has 0 amide bonds. The molecule has 2 aromatic heterocycles. The van der Waals surface area contributed by atoms with Gasteiger partial charge < -0.3 is 4.57 Å². The van der Waals surface area contributed by atoms with E-state index in [1.165, 1.54) is 27.4 Å². The molecule has 0 fully saturated rings. The zero-order chi connectivity index (χ0) is 17.5. The molecule has 0 radical (unpaired) electrons. The minimum absolute atomic E-state index is 0.596. The highest BCUT2D eigenvalue weighted by Gasteiger charge is 2.13. The van der Waals surface area contributed by atoms with Crippen LogP contribution in [-0.4, -0.2) is 25.2 Å². The first-order valence-electron chi connectivity index (χ1n) is 8.29. The molecule has 0 unspecified atom stereocenters. The summed E-state index contributed by atoms with van der Waals surface area (Å²) in [7, 11) is 0. The summed E-state index contributed by atoms with van der Waals surface area (Å²) in [6, 6.07) is 22.7. The average Bonchev–Trinajstić information content (AvgIpc) is 3.29. The van der Waals surface area contributed by atoms with Crippen molar-refractivity contribution in [3.8, 4) is 11.4 Å². The van der Waals surface area contributed by atoms with Gasteiger partial charge in [-0.15, -0.1) is 10.2 Å². The van der Waals surface area contributed by atoms with Crippen LogP contribution in [0.4, 0.5) is 0 Å². The Morgan fingerprint density at radius 2 is 1.77 bits per heavy atom. The van der Waals surface area contributed by atoms with Gasteiger partial charge >= 0.3 is 0 Å². The second-order valence-corrected chi connectivity index (χ2v) is 6.64. The lowest BCUT2D eigenvalue weighted by atomic mass is 10.1. The third-order valence-electron chi connectivity index (χ3n) is 4.61. The molecule has 0 aliphatic heterocycles. The smallest absolute Gasteiger partial charge is 0.204 e. The van der Waals surface area contributed by atoms with E-state index in [1.54, 1.807) is 0 Å². The maximum Gasteiger partial charge on any atom is 0.204 e. The minimum Gasteiger partial charge on any atom is -0.336 e. The van der Waals surface area contributed by atoms with E-state index in [1.807, 2.05) is 24.3 Å². The van der Waals surface area contributed by atoms with Gasteiger partial charge in [0.2, 0.25) is 5.82 Å². The first-order chi connectivity index (χ1) is 12.8. The van der Waals surface area contributed by atoms with Gasteiger partial charge in [0.05, 0.1) is 0 Å². The van der Waals surface area contributed by atoms with Crippen LogP contribution in [-0.2, 0) is 6.54 Å². The third kappa shape index (κ3) is 2.45. The second kappa shape index (κ2) is 5.97. The van der Waals surface area contributed by atoms with E-state index in [0.717, 1.165) is 17.1 Å². The summed E-state index contributed by atoms with van der Waals surface area (Å²) in [5.41, 5.74) is 4.46. The first-order valence-corrected chi connectivity index (χ1v) is 8.67. The Morgan fingerprint density at radius 3 is 2.62 bits per heavy atom. The van der Waals surface area contributed by atoms with Gasteiger partial charge in [-0.2, -0.15) is 5.21 Å². The number of fused-ring (bicyclic) bond motifs is 3. The van der Waals surface area contributed by atoms with Crippen molar-refractivity contribution in [3.63, 3.8) is 0 Å². The molecule has 0 bridgehead atoms. The zero-order valence-corrected chi connectivity index (χ0v) is 14.5. The molecule has 126 valence electrons. The molecule has 0 saturated heterocycles. The van der Waals surface area contributed by atoms with Crippen LogP contribution in [0.25, 0.3) is 33.2 Å². The summed E-state index contributed by atoms with van der Waals surface area (Å²) in [6.07, 6.45) is 0. The molecule has 0 aliphatic carbocycles. The van der Waals surface area contributed by atoms with Crippen LogP contribution in [0, 0.1) is 0 Å². The van der Waals surface area contributed by atoms with Gasteiger partial charge in [-0.3, -0.25) is 0 Å². The Bertz CT molecular complexity index is 1220. The van der Waals surface area contributed by atoms with Gasteiger partial charge in [-0.1, -0.05) is 41.9 Å². The number of tetrazole rings is 1. The average molecular weight is 360 g/mol. The molecule has 2 heterocycles. The van der Waals surface area contributed by atoms with E-state index in [4.69, 9.17) is 11.6 Å². The molecule has 26 heavy (non-hydrogen) atoms. The van der Waals surface area contributed by atoms with E-state index in [9.17, 15) is 0 Å². The van der Waals surface area contributed by atoms with Gasteiger partial charge in [0, 0.05) is 38.9 Å². The van der Waals surface area contributed by atoms with Crippen LogP contribution >= 0.6 is 11.6 Å². The number of H-pyrrole nitrogens is 1. The van der Waals surface area contributed by atoms with Gasteiger partial charge in [-0.25, -0.2) is 0 Å². The Morgan fingerprint density at radius 1 is 0.885 bits per heavy atom. The number of halogens is 1. The van der Waals surface area contributed by atoms with E-state index in [-0.39, 0.29) is 0 Å². The molecule has 0 atom stereocenters. The molecular formula is C20H14ClN5.